The summed E-state index contributed by atoms with van der Waals surface area (Å²) in [5, 5.41) is 2.69. The molecular formula is C22H31NO4. The highest BCUT2D eigenvalue weighted by Gasteiger charge is 2.35. The van der Waals surface area contributed by atoms with E-state index in [1.165, 1.54) is 0 Å². The van der Waals surface area contributed by atoms with Gasteiger partial charge >= 0.3 is 0 Å². The van der Waals surface area contributed by atoms with Crippen molar-refractivity contribution < 1.29 is 19.1 Å². The molecule has 0 unspecified atom stereocenters. The van der Waals surface area contributed by atoms with Crippen LogP contribution in [0.1, 0.15) is 52.5 Å². The summed E-state index contributed by atoms with van der Waals surface area (Å²) in [6.45, 7) is 8.75. The van der Waals surface area contributed by atoms with Crippen molar-refractivity contribution in [2.45, 2.75) is 47.0 Å². The highest BCUT2D eigenvalue weighted by atomic mass is 16.5. The lowest BCUT2D eigenvalue weighted by Gasteiger charge is -2.33. The number of carbonyl (C=O) groups excluding carboxylic acids is 2. The van der Waals surface area contributed by atoms with Crippen LogP contribution in [0.5, 0.6) is 11.5 Å². The molecule has 5 heteroatoms. The summed E-state index contributed by atoms with van der Waals surface area (Å²) < 4.78 is 10.9. The third kappa shape index (κ3) is 5.59. The lowest BCUT2D eigenvalue weighted by atomic mass is 9.70. The largest absolute Gasteiger partial charge is 0.493 e. The van der Waals surface area contributed by atoms with Gasteiger partial charge in [0.25, 0.3) is 5.91 Å². The van der Waals surface area contributed by atoms with Gasteiger partial charge < -0.3 is 14.8 Å². The van der Waals surface area contributed by atoms with Crippen molar-refractivity contribution in [3.63, 3.8) is 0 Å². The number of methoxy groups -OCH3 is 1. The second-order valence-corrected chi connectivity index (χ2v) is 8.00. The average Bonchev–Trinajstić information content (AvgIpc) is 2.61. The fourth-order valence-corrected chi connectivity index (χ4v) is 3.43. The minimum atomic E-state index is -0.174. The number of carbonyl (C=O) groups is 2. The summed E-state index contributed by atoms with van der Waals surface area (Å²) in [5.74, 6) is 1.20. The van der Waals surface area contributed by atoms with E-state index in [2.05, 4.69) is 26.1 Å². The first-order valence-electron chi connectivity index (χ1n) is 9.58. The van der Waals surface area contributed by atoms with Crippen LogP contribution < -0.4 is 14.8 Å². The molecule has 1 amide bonds. The van der Waals surface area contributed by atoms with Crippen LogP contribution in [0, 0.1) is 11.3 Å². The lowest BCUT2D eigenvalue weighted by Crippen LogP contribution is -2.32. The van der Waals surface area contributed by atoms with Crippen LogP contribution in [0.15, 0.2) is 23.8 Å². The predicted octanol–water partition coefficient (Wildman–Crippen LogP) is 4.01. The molecule has 0 aromatic heterocycles. The molecule has 0 radical (unpaired) electrons. The number of likely N-dealkylation sites (N-methyl/N-ethyl adjacent to an activating group) is 1. The van der Waals surface area contributed by atoms with Crippen LogP contribution in [0.2, 0.25) is 0 Å². The van der Waals surface area contributed by atoms with Gasteiger partial charge in [-0.2, -0.15) is 0 Å². The minimum Gasteiger partial charge on any atom is -0.493 e. The zero-order valence-corrected chi connectivity index (χ0v) is 17.1. The van der Waals surface area contributed by atoms with E-state index in [1.807, 2.05) is 25.1 Å². The van der Waals surface area contributed by atoms with Crippen LogP contribution in [-0.4, -0.2) is 32.0 Å². The van der Waals surface area contributed by atoms with Gasteiger partial charge in [0.15, 0.2) is 23.9 Å². The first kappa shape index (κ1) is 21.0. The lowest BCUT2D eigenvalue weighted by molar-refractivity contribution is -0.124. The van der Waals surface area contributed by atoms with Gasteiger partial charge in [-0.25, -0.2) is 0 Å². The van der Waals surface area contributed by atoms with E-state index >= 15 is 0 Å². The highest BCUT2D eigenvalue weighted by molar-refractivity contribution is 6.02. The molecule has 27 heavy (non-hydrogen) atoms. The third-order valence-corrected chi connectivity index (χ3v) is 4.88. The first-order valence-corrected chi connectivity index (χ1v) is 9.58. The number of Topliss-reactive ketones (excluding diaryl/α,β-unsaturated/α-hetero) is 1. The van der Waals surface area contributed by atoms with E-state index < -0.39 is 0 Å². The number of hydrogen-bond acceptors (Lipinski definition) is 4. The summed E-state index contributed by atoms with van der Waals surface area (Å²) in [6, 6.07) is 5.50. The molecule has 0 bridgehead atoms. The molecule has 1 saturated carbocycles. The fraction of sp³-hybridized carbons (Fsp3) is 0.545. The van der Waals surface area contributed by atoms with Crippen LogP contribution in [0.3, 0.4) is 0 Å². The van der Waals surface area contributed by atoms with E-state index in [1.54, 1.807) is 13.2 Å². The maximum Gasteiger partial charge on any atom is 0.257 e. The van der Waals surface area contributed by atoms with Crippen LogP contribution in [0.4, 0.5) is 0 Å². The number of ketones is 1. The topological polar surface area (TPSA) is 64.6 Å². The van der Waals surface area contributed by atoms with Gasteiger partial charge in [-0.05, 0) is 60.9 Å². The van der Waals surface area contributed by atoms with Gasteiger partial charge in [0.2, 0.25) is 0 Å². The van der Waals surface area contributed by atoms with Gasteiger partial charge in [0.05, 0.1) is 7.11 Å². The molecule has 0 aliphatic heterocycles. The smallest absolute Gasteiger partial charge is 0.257 e. The maximum atomic E-state index is 12.9. The third-order valence-electron chi connectivity index (χ3n) is 4.88. The number of benzene rings is 1. The standard InChI is InChI=1S/C22H31NO4/c1-6-23-20(24)14-27-18-11-10-15(13-19(18)26-5)12-16-8-7-9-17(21(16)25)22(2,3)4/h10-13,17H,6-9,14H2,1-5H3,(H,23,24)/b16-12+/t17-/m1/s1. The SMILES string of the molecule is CCNC(=O)COc1ccc(/C=C2\CCC[C@@H](C(C)(C)C)C2=O)cc1OC. The molecule has 1 N–H and O–H groups in total. The Kier molecular flexibility index (Phi) is 7.05. The van der Waals surface area contributed by atoms with Crippen LogP contribution in [-0.2, 0) is 9.59 Å². The molecule has 148 valence electrons. The summed E-state index contributed by atoms with van der Waals surface area (Å²) in [4.78, 5) is 24.4. The zero-order chi connectivity index (χ0) is 20.0. The number of rotatable bonds is 6. The van der Waals surface area contributed by atoms with Crippen molar-refractivity contribution >= 4 is 17.8 Å². The monoisotopic (exact) mass is 373 g/mol. The minimum absolute atomic E-state index is 0.0228. The quantitative estimate of drug-likeness (QED) is 0.765. The Hall–Kier alpha value is -2.30. The Morgan fingerprint density at radius 2 is 2.04 bits per heavy atom. The van der Waals surface area contributed by atoms with Crippen LogP contribution in [0.25, 0.3) is 6.08 Å². The molecule has 1 aromatic rings. The Balaban J connectivity index is 2.18. The molecule has 1 aliphatic carbocycles. The number of allylic oxidation sites excluding steroid dienone is 1. The van der Waals surface area contributed by atoms with Gasteiger partial charge in [0.1, 0.15) is 0 Å². The average molecular weight is 373 g/mol. The van der Waals surface area contributed by atoms with E-state index in [0.717, 1.165) is 30.4 Å². The van der Waals surface area contributed by atoms with Crippen molar-refractivity contribution in [1.29, 1.82) is 0 Å². The Morgan fingerprint density at radius 3 is 2.67 bits per heavy atom. The molecule has 0 heterocycles. The van der Waals surface area contributed by atoms with Crippen molar-refractivity contribution in [2.75, 3.05) is 20.3 Å². The van der Waals surface area contributed by atoms with Crippen LogP contribution >= 0.6 is 0 Å². The maximum absolute atomic E-state index is 12.9. The summed E-state index contributed by atoms with van der Waals surface area (Å²) in [7, 11) is 1.56. The van der Waals surface area contributed by atoms with Gasteiger partial charge in [-0.1, -0.05) is 26.8 Å². The Morgan fingerprint density at radius 1 is 1.30 bits per heavy atom. The van der Waals surface area contributed by atoms with Crippen molar-refractivity contribution in [2.24, 2.45) is 11.3 Å². The molecule has 5 nitrogen and oxygen atoms in total. The summed E-state index contributed by atoms with van der Waals surface area (Å²) >= 11 is 0. The molecular weight excluding hydrogens is 342 g/mol. The van der Waals surface area contributed by atoms with Gasteiger partial charge in [-0.15, -0.1) is 0 Å². The van der Waals surface area contributed by atoms with Crippen molar-refractivity contribution in [3.05, 3.63) is 29.3 Å². The number of ether oxygens (including phenoxy) is 2. The van der Waals surface area contributed by atoms with E-state index in [-0.39, 0.29) is 29.6 Å². The summed E-state index contributed by atoms with van der Waals surface area (Å²) in [6.07, 6.45) is 4.75. The molecule has 1 aromatic carbocycles. The Bertz CT molecular complexity index is 716. The normalized spacial score (nSPS) is 19.1. The first-order chi connectivity index (χ1) is 12.8. The van der Waals surface area contributed by atoms with E-state index in [9.17, 15) is 9.59 Å². The molecule has 2 rings (SSSR count). The molecule has 0 saturated heterocycles. The number of hydrogen-bond donors (Lipinski definition) is 1. The van der Waals surface area contributed by atoms with Crippen molar-refractivity contribution in [3.8, 4) is 11.5 Å². The highest BCUT2D eigenvalue weighted by Crippen LogP contribution is 2.38. The Labute approximate surface area is 162 Å². The van der Waals surface area contributed by atoms with E-state index in [0.29, 0.717) is 18.0 Å². The van der Waals surface area contributed by atoms with E-state index in [4.69, 9.17) is 9.47 Å². The molecule has 1 fully saturated rings. The predicted molar refractivity (Wildman–Crippen MR) is 107 cm³/mol. The second-order valence-electron chi connectivity index (χ2n) is 8.00. The molecule has 0 spiro atoms. The molecule has 1 atom stereocenters. The molecule has 1 aliphatic rings. The second kappa shape index (κ2) is 9.07. The van der Waals surface area contributed by atoms with Gasteiger partial charge in [-0.3, -0.25) is 9.59 Å². The number of nitrogens with one attached hydrogen (secondary N) is 1. The number of amides is 1. The zero-order valence-electron chi connectivity index (χ0n) is 17.1. The summed E-state index contributed by atoms with van der Waals surface area (Å²) in [5.41, 5.74) is 1.75. The van der Waals surface area contributed by atoms with Gasteiger partial charge in [0, 0.05) is 12.5 Å². The fourth-order valence-electron chi connectivity index (χ4n) is 3.43. The van der Waals surface area contributed by atoms with Crippen molar-refractivity contribution in [1.82, 2.24) is 5.32 Å².